The van der Waals surface area contributed by atoms with Crippen molar-refractivity contribution >= 4 is 34.4 Å². The first-order chi connectivity index (χ1) is 12.0. The Morgan fingerprint density at radius 2 is 1.74 bits per heavy atom. The van der Waals surface area contributed by atoms with E-state index in [1.54, 1.807) is 6.92 Å². The van der Waals surface area contributed by atoms with Gasteiger partial charge in [0, 0.05) is 12.1 Å². The predicted molar refractivity (Wildman–Crippen MR) is 104 cm³/mol. The molecule has 0 aromatic heterocycles. The highest BCUT2D eigenvalue weighted by molar-refractivity contribution is 7.89. The zero-order valence-corrected chi connectivity index (χ0v) is 17.7. The molecule has 0 saturated heterocycles. The molecule has 0 fully saturated rings. The van der Waals surface area contributed by atoms with E-state index in [0.29, 0.717) is 6.42 Å². The van der Waals surface area contributed by atoms with E-state index in [2.05, 4.69) is 14.2 Å². The first-order valence-electron chi connectivity index (χ1n) is 8.04. The third-order valence-corrected chi connectivity index (χ3v) is 5.47. The molecule has 0 aliphatic heterocycles. The molecule has 1 atom stereocenters. The van der Waals surface area contributed by atoms with Crippen LogP contribution in [0.25, 0.3) is 0 Å². The highest BCUT2D eigenvalue weighted by Gasteiger charge is 2.33. The molecule has 0 amide bonds. The smallest absolute Gasteiger partial charge is 0.339 e. The molecule has 10 heteroatoms. The van der Waals surface area contributed by atoms with Crippen molar-refractivity contribution in [1.29, 1.82) is 0 Å². The summed E-state index contributed by atoms with van der Waals surface area (Å²) in [6.45, 7) is 5.64. The number of carbonyl (C=O) groups is 2. The number of nitrogens with one attached hydrogen (secondary N) is 1. The van der Waals surface area contributed by atoms with E-state index < -0.39 is 27.5 Å². The molecule has 3 N–H and O–H groups in total. The number of methoxy groups -OCH3 is 2. The second kappa shape index (κ2) is 10.0. The fourth-order valence-electron chi connectivity index (χ4n) is 2.72. The van der Waals surface area contributed by atoms with Gasteiger partial charge in [-0.25, -0.2) is 22.7 Å². The number of rotatable bonds is 8. The zero-order chi connectivity index (χ0) is 20.1. The molecule has 8 nitrogen and oxygen atoms in total. The summed E-state index contributed by atoms with van der Waals surface area (Å²) in [6.07, 6.45) is 0.493. The van der Waals surface area contributed by atoms with E-state index in [1.165, 1.54) is 19.2 Å². The number of ether oxygens (including phenoxy) is 2. The maximum atomic E-state index is 13.0. The molecule has 0 radical (unpaired) electrons. The van der Waals surface area contributed by atoms with Crippen LogP contribution in [0.3, 0.4) is 0 Å². The largest absolute Gasteiger partial charge is 0.465 e. The van der Waals surface area contributed by atoms with Crippen LogP contribution in [0, 0.1) is 5.92 Å². The zero-order valence-electron chi connectivity index (χ0n) is 16.1. The van der Waals surface area contributed by atoms with Crippen molar-refractivity contribution in [3.8, 4) is 0 Å². The Morgan fingerprint density at radius 3 is 2.19 bits per heavy atom. The average Bonchev–Trinajstić information content (AvgIpc) is 2.58. The van der Waals surface area contributed by atoms with Gasteiger partial charge in [-0.15, -0.1) is 12.4 Å². The average molecular weight is 423 g/mol. The highest BCUT2D eigenvalue weighted by Crippen LogP contribution is 2.23. The standard InChI is InChI=1S/C17H26N2O6S.ClH/c1-11(2)9-17(3,10-18)19-26(22,23)14-8-12(15(20)24-4)6-7-13(14)16(21)25-5;/h6-8,11,19H,9-10,18H2,1-5H3;1H. The summed E-state index contributed by atoms with van der Waals surface area (Å²) in [5.41, 5.74) is 4.67. The summed E-state index contributed by atoms with van der Waals surface area (Å²) < 4.78 is 37.8. The van der Waals surface area contributed by atoms with Crippen molar-refractivity contribution in [2.75, 3.05) is 20.8 Å². The van der Waals surface area contributed by atoms with Crippen molar-refractivity contribution in [3.63, 3.8) is 0 Å². The number of esters is 2. The van der Waals surface area contributed by atoms with Gasteiger partial charge < -0.3 is 15.2 Å². The van der Waals surface area contributed by atoms with Gasteiger partial charge >= 0.3 is 11.9 Å². The third kappa shape index (κ3) is 6.46. The van der Waals surface area contributed by atoms with Crippen LogP contribution in [0.5, 0.6) is 0 Å². The van der Waals surface area contributed by atoms with E-state index in [0.717, 1.165) is 13.2 Å². The lowest BCUT2D eigenvalue weighted by Crippen LogP contribution is -2.52. The number of halogens is 1. The molecule has 0 bridgehead atoms. The molecule has 0 spiro atoms. The lowest BCUT2D eigenvalue weighted by Gasteiger charge is -2.31. The van der Waals surface area contributed by atoms with Crippen LogP contribution in [-0.4, -0.2) is 46.7 Å². The first kappa shape index (κ1) is 25.3. The molecule has 1 aromatic carbocycles. The summed E-state index contributed by atoms with van der Waals surface area (Å²) in [4.78, 5) is 23.4. The minimum Gasteiger partial charge on any atom is -0.465 e. The van der Waals surface area contributed by atoms with Gasteiger partial charge in [-0.2, -0.15) is 0 Å². The number of sulfonamides is 1. The van der Waals surface area contributed by atoms with E-state index in [1.807, 2.05) is 13.8 Å². The Labute approximate surface area is 166 Å². The summed E-state index contributed by atoms with van der Waals surface area (Å²) in [5, 5.41) is 0. The van der Waals surface area contributed by atoms with Crippen molar-refractivity contribution in [1.82, 2.24) is 4.72 Å². The molecule has 154 valence electrons. The molecule has 1 rings (SSSR count). The molecule has 1 unspecified atom stereocenters. The van der Waals surface area contributed by atoms with Gasteiger partial charge in [-0.1, -0.05) is 13.8 Å². The minimum atomic E-state index is -4.16. The summed E-state index contributed by atoms with van der Waals surface area (Å²) in [5.74, 6) is -1.37. The Bertz CT molecular complexity index is 782. The first-order valence-corrected chi connectivity index (χ1v) is 9.52. The quantitative estimate of drug-likeness (QED) is 0.611. The van der Waals surface area contributed by atoms with Crippen molar-refractivity contribution in [2.24, 2.45) is 11.7 Å². The molecular formula is C17H27ClN2O6S. The van der Waals surface area contributed by atoms with Gasteiger partial charge in [0.25, 0.3) is 0 Å². The van der Waals surface area contributed by atoms with Crippen LogP contribution in [0.2, 0.25) is 0 Å². The van der Waals surface area contributed by atoms with Crippen LogP contribution in [-0.2, 0) is 19.5 Å². The van der Waals surface area contributed by atoms with E-state index in [4.69, 9.17) is 5.73 Å². The van der Waals surface area contributed by atoms with Crippen LogP contribution in [0.4, 0.5) is 0 Å². The highest BCUT2D eigenvalue weighted by atomic mass is 35.5. The number of nitrogens with two attached hydrogens (primary N) is 1. The van der Waals surface area contributed by atoms with Crippen LogP contribution >= 0.6 is 12.4 Å². The van der Waals surface area contributed by atoms with Crippen LogP contribution in [0.1, 0.15) is 47.9 Å². The monoisotopic (exact) mass is 422 g/mol. The van der Waals surface area contributed by atoms with Crippen molar-refractivity contribution < 1.29 is 27.5 Å². The molecule has 0 heterocycles. The lowest BCUT2D eigenvalue weighted by molar-refractivity contribution is 0.0583. The lowest BCUT2D eigenvalue weighted by atomic mass is 9.92. The third-order valence-electron chi connectivity index (χ3n) is 3.79. The molecule has 0 saturated carbocycles. The predicted octanol–water partition coefficient (Wildman–Crippen LogP) is 1.72. The van der Waals surface area contributed by atoms with E-state index in [9.17, 15) is 18.0 Å². The Hall–Kier alpha value is -1.68. The number of hydrogen-bond acceptors (Lipinski definition) is 7. The molecular weight excluding hydrogens is 396 g/mol. The Balaban J connectivity index is 0.00000676. The van der Waals surface area contributed by atoms with Gasteiger partial charge in [0.15, 0.2) is 0 Å². The molecule has 1 aromatic rings. The van der Waals surface area contributed by atoms with Gasteiger partial charge in [-0.3, -0.25) is 0 Å². The Kier molecular flexibility index (Phi) is 9.40. The topological polar surface area (TPSA) is 125 Å². The summed E-state index contributed by atoms with van der Waals surface area (Å²) in [6, 6.07) is 3.61. The van der Waals surface area contributed by atoms with Gasteiger partial charge in [0.05, 0.1) is 30.2 Å². The second-order valence-electron chi connectivity index (χ2n) is 6.66. The Morgan fingerprint density at radius 1 is 1.19 bits per heavy atom. The number of benzene rings is 1. The number of hydrogen-bond donors (Lipinski definition) is 2. The van der Waals surface area contributed by atoms with Gasteiger partial charge in [-0.05, 0) is 37.5 Å². The molecule has 27 heavy (non-hydrogen) atoms. The maximum absolute atomic E-state index is 13.0. The molecule has 0 aliphatic carbocycles. The van der Waals surface area contributed by atoms with Crippen molar-refractivity contribution in [2.45, 2.75) is 37.6 Å². The summed E-state index contributed by atoms with van der Waals surface area (Å²) in [7, 11) is -1.84. The fourth-order valence-corrected chi connectivity index (χ4v) is 4.36. The second-order valence-corrected chi connectivity index (χ2v) is 8.31. The number of carbonyl (C=O) groups excluding carboxylic acids is 2. The normalized spacial score (nSPS) is 13.4. The molecule has 0 aliphatic rings. The SMILES string of the molecule is COC(=O)c1ccc(C(=O)OC)c(S(=O)(=O)NC(C)(CN)CC(C)C)c1.Cl. The summed E-state index contributed by atoms with van der Waals surface area (Å²) >= 11 is 0. The van der Waals surface area contributed by atoms with E-state index >= 15 is 0 Å². The van der Waals surface area contributed by atoms with E-state index in [-0.39, 0.29) is 40.9 Å². The fraction of sp³-hybridized carbons (Fsp3) is 0.529. The van der Waals surface area contributed by atoms with Gasteiger partial charge in [0.2, 0.25) is 10.0 Å². The minimum absolute atomic E-state index is 0. The van der Waals surface area contributed by atoms with Crippen molar-refractivity contribution in [3.05, 3.63) is 29.3 Å². The van der Waals surface area contributed by atoms with Gasteiger partial charge in [0.1, 0.15) is 0 Å². The maximum Gasteiger partial charge on any atom is 0.339 e. The van der Waals surface area contributed by atoms with Crippen LogP contribution < -0.4 is 10.5 Å². The van der Waals surface area contributed by atoms with Crippen LogP contribution in [0.15, 0.2) is 23.1 Å².